The van der Waals surface area contributed by atoms with Crippen molar-refractivity contribution in [1.29, 1.82) is 0 Å². The molecule has 1 atom stereocenters. The number of hydrogen-bond acceptors (Lipinski definition) is 5. The lowest BCUT2D eigenvalue weighted by Gasteiger charge is -2.43. The van der Waals surface area contributed by atoms with Gasteiger partial charge in [0.05, 0.1) is 32.1 Å². The van der Waals surface area contributed by atoms with Crippen molar-refractivity contribution in [2.24, 2.45) is 5.41 Å². The minimum Gasteiger partial charge on any atom is -0.380 e. The number of rotatable bonds is 5. The highest BCUT2D eigenvalue weighted by atomic mass is 31.2. The first kappa shape index (κ1) is 12.5. The molecule has 0 bridgehead atoms. The minimum absolute atomic E-state index is 0.0279. The van der Waals surface area contributed by atoms with Crippen LogP contribution in [0.15, 0.2) is 0 Å². The summed E-state index contributed by atoms with van der Waals surface area (Å²) in [6.07, 6.45) is 0. The molecule has 0 amide bonds. The van der Waals surface area contributed by atoms with Crippen molar-refractivity contribution in [3.8, 4) is 0 Å². The van der Waals surface area contributed by atoms with Crippen LogP contribution < -0.4 is 5.32 Å². The Hall–Kier alpha value is 0.0700. The third-order valence-electron chi connectivity index (χ3n) is 3.30. The third kappa shape index (κ3) is 1.95. The summed E-state index contributed by atoms with van der Waals surface area (Å²) in [5.41, 5.74) is -0.0893. The number of hydrogen-bond donors (Lipinski definition) is 1. The van der Waals surface area contributed by atoms with Gasteiger partial charge >= 0.3 is 7.60 Å². The second kappa shape index (κ2) is 4.75. The van der Waals surface area contributed by atoms with Crippen molar-refractivity contribution in [2.45, 2.75) is 19.5 Å². The molecular weight excluding hydrogens is 229 g/mol. The van der Waals surface area contributed by atoms with Gasteiger partial charge in [0, 0.05) is 18.5 Å². The second-order valence-electron chi connectivity index (χ2n) is 4.38. The summed E-state index contributed by atoms with van der Waals surface area (Å²) in [5.74, 6) is 0. The van der Waals surface area contributed by atoms with Gasteiger partial charge < -0.3 is 19.1 Å². The molecule has 0 aromatic heterocycles. The maximum atomic E-state index is 12.7. The largest absolute Gasteiger partial charge is 0.380 e. The van der Waals surface area contributed by atoms with Crippen molar-refractivity contribution in [2.75, 3.05) is 39.5 Å². The molecule has 6 heteroatoms. The smallest absolute Gasteiger partial charge is 0.335 e. The van der Waals surface area contributed by atoms with Crippen LogP contribution in [-0.2, 0) is 18.3 Å². The number of ether oxygens (including phenoxy) is 1. The molecule has 2 aliphatic heterocycles. The maximum absolute atomic E-state index is 12.7. The highest BCUT2D eigenvalue weighted by Crippen LogP contribution is 2.61. The quantitative estimate of drug-likeness (QED) is 0.743. The topological polar surface area (TPSA) is 56.8 Å². The Balaban J connectivity index is 2.15. The van der Waals surface area contributed by atoms with Gasteiger partial charge in [-0.2, -0.15) is 0 Å². The molecule has 2 rings (SSSR count). The Labute approximate surface area is 96.4 Å². The van der Waals surface area contributed by atoms with E-state index in [1.54, 1.807) is 0 Å². The Morgan fingerprint density at radius 1 is 1.38 bits per heavy atom. The van der Waals surface area contributed by atoms with Gasteiger partial charge in [0.1, 0.15) is 0 Å². The van der Waals surface area contributed by atoms with Crippen molar-refractivity contribution in [3.05, 3.63) is 0 Å². The van der Waals surface area contributed by atoms with Gasteiger partial charge in [0.2, 0.25) is 0 Å². The zero-order valence-electron chi connectivity index (χ0n) is 9.90. The molecule has 0 saturated carbocycles. The minimum atomic E-state index is -3.00. The van der Waals surface area contributed by atoms with Crippen LogP contribution in [0, 0.1) is 5.41 Å². The van der Waals surface area contributed by atoms with Gasteiger partial charge in [0.25, 0.3) is 0 Å². The van der Waals surface area contributed by atoms with Crippen LogP contribution in [0.4, 0.5) is 0 Å². The maximum Gasteiger partial charge on any atom is 0.335 e. The fourth-order valence-electron chi connectivity index (χ4n) is 2.48. The standard InChI is InChI=1S/C10H20NO4P/c1-3-14-16(12,15-4-2)9-5-11-6-10(9)7-13-8-10/h9,11H,3-8H2,1-2H3. The molecule has 1 spiro atoms. The first-order valence-electron chi connectivity index (χ1n) is 5.84. The normalized spacial score (nSPS) is 28.2. The SMILES string of the molecule is CCOP(=O)(OCC)C1CNCC12COC2. The zero-order chi connectivity index (χ0) is 11.6. The summed E-state index contributed by atoms with van der Waals surface area (Å²) in [6, 6.07) is 0. The van der Waals surface area contributed by atoms with Crippen molar-refractivity contribution in [3.63, 3.8) is 0 Å². The molecule has 2 aliphatic rings. The highest BCUT2D eigenvalue weighted by molar-refractivity contribution is 7.54. The molecule has 0 aromatic carbocycles. The summed E-state index contributed by atoms with van der Waals surface area (Å²) in [4.78, 5) is 0. The van der Waals surface area contributed by atoms with Gasteiger partial charge in [-0.05, 0) is 13.8 Å². The van der Waals surface area contributed by atoms with Crippen LogP contribution in [-0.4, -0.2) is 45.2 Å². The van der Waals surface area contributed by atoms with E-state index in [1.165, 1.54) is 0 Å². The molecule has 5 nitrogen and oxygen atoms in total. The average molecular weight is 249 g/mol. The fraction of sp³-hybridized carbons (Fsp3) is 1.00. The second-order valence-corrected chi connectivity index (χ2v) is 6.60. The molecule has 0 aliphatic carbocycles. The summed E-state index contributed by atoms with van der Waals surface area (Å²) in [5, 5.41) is 3.28. The van der Waals surface area contributed by atoms with E-state index in [-0.39, 0.29) is 11.1 Å². The van der Waals surface area contributed by atoms with Gasteiger partial charge in [-0.25, -0.2) is 0 Å². The third-order valence-corrected chi connectivity index (χ3v) is 6.03. The lowest BCUT2D eigenvalue weighted by Crippen LogP contribution is -2.51. The van der Waals surface area contributed by atoms with Crippen LogP contribution in [0.2, 0.25) is 0 Å². The Morgan fingerprint density at radius 2 is 2.00 bits per heavy atom. The average Bonchev–Trinajstić information content (AvgIpc) is 2.62. The fourth-order valence-corrected chi connectivity index (χ4v) is 4.89. The van der Waals surface area contributed by atoms with Crippen molar-refractivity contribution < 1.29 is 18.3 Å². The Kier molecular flexibility index (Phi) is 3.72. The van der Waals surface area contributed by atoms with Crippen LogP contribution >= 0.6 is 7.60 Å². The molecule has 94 valence electrons. The predicted molar refractivity (Wildman–Crippen MR) is 60.8 cm³/mol. The molecule has 2 saturated heterocycles. The zero-order valence-corrected chi connectivity index (χ0v) is 10.8. The van der Waals surface area contributed by atoms with E-state index in [1.807, 2.05) is 13.8 Å². The molecule has 1 unspecified atom stereocenters. The molecule has 2 heterocycles. The Bertz CT molecular complexity index is 283. The van der Waals surface area contributed by atoms with E-state index in [0.717, 1.165) is 6.54 Å². The van der Waals surface area contributed by atoms with Gasteiger partial charge in [-0.15, -0.1) is 0 Å². The van der Waals surface area contributed by atoms with Crippen molar-refractivity contribution >= 4 is 7.60 Å². The molecule has 16 heavy (non-hydrogen) atoms. The molecule has 2 fully saturated rings. The van der Waals surface area contributed by atoms with Gasteiger partial charge in [-0.1, -0.05) is 0 Å². The first-order valence-corrected chi connectivity index (χ1v) is 7.45. The lowest BCUT2D eigenvalue weighted by atomic mass is 9.85. The first-order chi connectivity index (χ1) is 7.67. The summed E-state index contributed by atoms with van der Waals surface area (Å²) >= 11 is 0. The summed E-state index contributed by atoms with van der Waals surface area (Å²) in [6.45, 7) is 7.40. The Morgan fingerprint density at radius 3 is 2.44 bits per heavy atom. The molecular formula is C10H20NO4P. The van der Waals surface area contributed by atoms with E-state index < -0.39 is 7.60 Å². The summed E-state index contributed by atoms with van der Waals surface area (Å²) < 4.78 is 28.8. The van der Waals surface area contributed by atoms with Crippen LogP contribution in [0.5, 0.6) is 0 Å². The van der Waals surface area contributed by atoms with Gasteiger partial charge in [0.15, 0.2) is 0 Å². The summed E-state index contributed by atoms with van der Waals surface area (Å²) in [7, 11) is -3.00. The monoisotopic (exact) mass is 249 g/mol. The van der Waals surface area contributed by atoms with Crippen molar-refractivity contribution in [1.82, 2.24) is 5.32 Å². The van der Waals surface area contributed by atoms with E-state index in [2.05, 4.69) is 5.32 Å². The van der Waals surface area contributed by atoms with Gasteiger partial charge in [-0.3, -0.25) is 4.57 Å². The van der Waals surface area contributed by atoms with E-state index in [4.69, 9.17) is 13.8 Å². The van der Waals surface area contributed by atoms with E-state index in [9.17, 15) is 4.57 Å². The van der Waals surface area contributed by atoms with Crippen LogP contribution in [0.1, 0.15) is 13.8 Å². The van der Waals surface area contributed by atoms with Crippen LogP contribution in [0.25, 0.3) is 0 Å². The predicted octanol–water partition coefficient (Wildman–Crippen LogP) is 1.24. The highest BCUT2D eigenvalue weighted by Gasteiger charge is 2.57. The van der Waals surface area contributed by atoms with E-state index >= 15 is 0 Å². The van der Waals surface area contributed by atoms with Crippen LogP contribution in [0.3, 0.4) is 0 Å². The molecule has 1 N–H and O–H groups in total. The molecule has 0 aromatic rings. The lowest BCUT2D eigenvalue weighted by molar-refractivity contribution is -0.101. The molecule has 0 radical (unpaired) electrons. The van der Waals surface area contributed by atoms with E-state index in [0.29, 0.717) is 33.0 Å². The number of nitrogens with one attached hydrogen (secondary N) is 1.